The molecule has 1 aromatic carbocycles. The number of hydrogen-bond donors (Lipinski definition) is 2. The Morgan fingerprint density at radius 3 is 2.57 bits per heavy atom. The Morgan fingerprint density at radius 1 is 1.30 bits per heavy atom. The molecule has 0 aliphatic carbocycles. The van der Waals surface area contributed by atoms with Crippen LogP contribution < -0.4 is 15.1 Å². The van der Waals surface area contributed by atoms with Gasteiger partial charge in [0.15, 0.2) is 6.54 Å². The molecule has 1 saturated heterocycles. The van der Waals surface area contributed by atoms with E-state index in [0.717, 1.165) is 31.2 Å². The number of rotatable bonds is 5. The summed E-state index contributed by atoms with van der Waals surface area (Å²) < 4.78 is 0. The lowest BCUT2D eigenvalue weighted by molar-refractivity contribution is -0.892. The number of hydrogen-bond acceptors (Lipinski definition) is 2. The molecule has 23 heavy (non-hydrogen) atoms. The SMILES string of the molecule is Cc1ccc(Cl)cc1N1CC[NH+](CC(=O)N[C@@H](C)C(C)C)CC1. The van der Waals surface area contributed by atoms with Crippen molar-refractivity contribution >= 4 is 23.2 Å². The molecule has 1 aromatic rings. The van der Waals surface area contributed by atoms with Crippen molar-refractivity contribution in [2.45, 2.75) is 33.7 Å². The summed E-state index contributed by atoms with van der Waals surface area (Å²) in [4.78, 5) is 15.8. The van der Waals surface area contributed by atoms with Crippen LogP contribution in [0.1, 0.15) is 26.3 Å². The molecule has 2 N–H and O–H groups in total. The first kappa shape index (κ1) is 18.1. The molecule has 0 radical (unpaired) electrons. The van der Waals surface area contributed by atoms with Crippen molar-refractivity contribution in [2.75, 3.05) is 37.6 Å². The summed E-state index contributed by atoms with van der Waals surface area (Å²) in [6, 6.07) is 6.27. The number of carbonyl (C=O) groups is 1. The molecular weight excluding hydrogens is 310 g/mol. The third-order valence-electron chi connectivity index (χ3n) is 4.78. The van der Waals surface area contributed by atoms with Gasteiger partial charge in [-0.15, -0.1) is 0 Å². The molecule has 1 heterocycles. The minimum atomic E-state index is 0.161. The number of carbonyl (C=O) groups excluding carboxylic acids is 1. The summed E-state index contributed by atoms with van der Waals surface area (Å²) in [5.41, 5.74) is 2.47. The molecule has 1 atom stereocenters. The maximum Gasteiger partial charge on any atom is 0.275 e. The van der Waals surface area contributed by atoms with Crippen molar-refractivity contribution in [1.29, 1.82) is 0 Å². The Kier molecular flexibility index (Phi) is 6.31. The maximum absolute atomic E-state index is 12.1. The third kappa shape index (κ3) is 5.11. The molecule has 1 fully saturated rings. The summed E-state index contributed by atoms with van der Waals surface area (Å²) >= 11 is 6.12. The molecule has 2 rings (SSSR count). The van der Waals surface area contributed by atoms with Crippen molar-refractivity contribution in [3.63, 3.8) is 0 Å². The van der Waals surface area contributed by atoms with Gasteiger partial charge < -0.3 is 15.1 Å². The van der Waals surface area contributed by atoms with E-state index in [1.807, 2.05) is 12.1 Å². The van der Waals surface area contributed by atoms with Crippen molar-refractivity contribution in [2.24, 2.45) is 5.92 Å². The van der Waals surface area contributed by atoms with Gasteiger partial charge in [0.2, 0.25) is 0 Å². The topological polar surface area (TPSA) is 36.8 Å². The van der Waals surface area contributed by atoms with Crippen LogP contribution in [0.15, 0.2) is 18.2 Å². The zero-order valence-corrected chi connectivity index (χ0v) is 15.4. The Morgan fingerprint density at radius 2 is 1.96 bits per heavy atom. The van der Waals surface area contributed by atoms with Gasteiger partial charge in [0, 0.05) is 16.8 Å². The molecule has 4 nitrogen and oxygen atoms in total. The van der Waals surface area contributed by atoms with Gasteiger partial charge in [0.1, 0.15) is 0 Å². The number of anilines is 1. The summed E-state index contributed by atoms with van der Waals surface area (Å²) in [6.45, 7) is 12.9. The second-order valence-corrected chi connectivity index (χ2v) is 7.38. The van der Waals surface area contributed by atoms with Crippen molar-refractivity contribution < 1.29 is 9.69 Å². The van der Waals surface area contributed by atoms with Gasteiger partial charge in [-0.1, -0.05) is 31.5 Å². The quantitative estimate of drug-likeness (QED) is 0.854. The van der Waals surface area contributed by atoms with Crippen molar-refractivity contribution in [3.8, 4) is 0 Å². The second-order valence-electron chi connectivity index (χ2n) is 6.94. The monoisotopic (exact) mass is 338 g/mol. The van der Waals surface area contributed by atoms with E-state index in [4.69, 9.17) is 11.6 Å². The molecule has 0 saturated carbocycles. The van der Waals surface area contributed by atoms with E-state index in [9.17, 15) is 4.79 Å². The first-order valence-corrected chi connectivity index (χ1v) is 8.88. The molecule has 1 aliphatic rings. The number of piperazine rings is 1. The van der Waals surface area contributed by atoms with Gasteiger partial charge >= 0.3 is 0 Å². The molecule has 1 aliphatic heterocycles. The van der Waals surface area contributed by atoms with Gasteiger partial charge in [-0.2, -0.15) is 0 Å². The van der Waals surface area contributed by atoms with Crippen LogP contribution in [0.25, 0.3) is 0 Å². The van der Waals surface area contributed by atoms with E-state index in [1.54, 1.807) is 0 Å². The number of quaternary nitrogens is 1. The highest BCUT2D eigenvalue weighted by atomic mass is 35.5. The van der Waals surface area contributed by atoms with Crippen LogP contribution in [0.5, 0.6) is 0 Å². The molecule has 1 amide bonds. The highest BCUT2D eigenvalue weighted by molar-refractivity contribution is 6.30. The highest BCUT2D eigenvalue weighted by Gasteiger charge is 2.24. The highest BCUT2D eigenvalue weighted by Crippen LogP contribution is 2.24. The van der Waals surface area contributed by atoms with E-state index in [-0.39, 0.29) is 11.9 Å². The normalized spacial score (nSPS) is 17.4. The average Bonchev–Trinajstić information content (AvgIpc) is 2.50. The molecule has 0 bridgehead atoms. The molecule has 5 heteroatoms. The fourth-order valence-electron chi connectivity index (χ4n) is 2.86. The Bertz CT molecular complexity index is 539. The van der Waals surface area contributed by atoms with Crippen LogP contribution >= 0.6 is 11.6 Å². The van der Waals surface area contributed by atoms with E-state index < -0.39 is 0 Å². The minimum Gasteiger partial charge on any atom is -0.360 e. The van der Waals surface area contributed by atoms with Crippen LogP contribution in [0.3, 0.4) is 0 Å². The fourth-order valence-corrected chi connectivity index (χ4v) is 3.03. The molecule has 0 spiro atoms. The molecule has 0 unspecified atom stereocenters. The van der Waals surface area contributed by atoms with Gasteiger partial charge in [0.25, 0.3) is 5.91 Å². The van der Waals surface area contributed by atoms with Gasteiger partial charge in [-0.3, -0.25) is 4.79 Å². The standard InChI is InChI=1S/C18H28ClN3O/c1-13(2)15(4)20-18(23)12-21-7-9-22(10-8-21)17-11-16(19)6-5-14(17)3/h5-6,11,13,15H,7-10,12H2,1-4H3,(H,20,23)/p+1/t15-/m0/s1. The number of amides is 1. The zero-order valence-electron chi connectivity index (χ0n) is 14.7. The van der Waals surface area contributed by atoms with Gasteiger partial charge in [0.05, 0.1) is 26.2 Å². The predicted octanol–water partition coefficient (Wildman–Crippen LogP) is 1.51. The largest absolute Gasteiger partial charge is 0.360 e. The van der Waals surface area contributed by atoms with Crippen LogP contribution in [-0.4, -0.2) is 44.7 Å². The first-order valence-electron chi connectivity index (χ1n) is 8.51. The summed E-state index contributed by atoms with van der Waals surface area (Å²) in [7, 11) is 0. The van der Waals surface area contributed by atoms with Crippen molar-refractivity contribution in [3.05, 3.63) is 28.8 Å². The zero-order chi connectivity index (χ0) is 17.0. The number of aryl methyl sites for hydroxylation is 1. The van der Waals surface area contributed by atoms with Crippen LogP contribution in [0.4, 0.5) is 5.69 Å². The van der Waals surface area contributed by atoms with Crippen LogP contribution in [-0.2, 0) is 4.79 Å². The van der Waals surface area contributed by atoms with E-state index in [1.165, 1.54) is 16.2 Å². The summed E-state index contributed by atoms with van der Waals surface area (Å²) in [6.07, 6.45) is 0. The van der Waals surface area contributed by atoms with Gasteiger partial charge in [-0.25, -0.2) is 0 Å². The van der Waals surface area contributed by atoms with E-state index in [2.05, 4.69) is 44.0 Å². The summed E-state index contributed by atoms with van der Waals surface area (Å²) in [5.74, 6) is 0.630. The Labute approximate surface area is 144 Å². The second kappa shape index (κ2) is 8.02. The third-order valence-corrected chi connectivity index (χ3v) is 5.02. The molecule has 128 valence electrons. The van der Waals surface area contributed by atoms with Crippen LogP contribution in [0, 0.1) is 12.8 Å². The number of nitrogens with zero attached hydrogens (tertiary/aromatic N) is 1. The lowest BCUT2D eigenvalue weighted by Crippen LogP contribution is -3.16. The van der Waals surface area contributed by atoms with Crippen molar-refractivity contribution in [1.82, 2.24) is 5.32 Å². The minimum absolute atomic E-state index is 0.161. The predicted molar refractivity (Wildman–Crippen MR) is 96.4 cm³/mol. The summed E-state index contributed by atoms with van der Waals surface area (Å²) in [5, 5.41) is 3.88. The molecular formula is C18H29ClN3O+. The maximum atomic E-state index is 12.1. The van der Waals surface area contributed by atoms with Gasteiger partial charge in [-0.05, 0) is 37.5 Å². The first-order chi connectivity index (χ1) is 10.9. The fraction of sp³-hybridized carbons (Fsp3) is 0.611. The molecule has 0 aromatic heterocycles. The number of nitrogens with one attached hydrogen (secondary N) is 2. The number of benzene rings is 1. The lowest BCUT2D eigenvalue weighted by Gasteiger charge is -2.34. The van der Waals surface area contributed by atoms with Crippen LogP contribution in [0.2, 0.25) is 5.02 Å². The number of halogens is 1. The lowest BCUT2D eigenvalue weighted by atomic mass is 10.1. The Balaban J connectivity index is 1.84. The van der Waals surface area contributed by atoms with E-state index >= 15 is 0 Å². The average molecular weight is 339 g/mol. The Hall–Kier alpha value is -1.26. The smallest absolute Gasteiger partial charge is 0.275 e. The van der Waals surface area contributed by atoms with E-state index in [0.29, 0.717) is 12.5 Å².